The molecule has 0 atom stereocenters. The van der Waals surface area contributed by atoms with Gasteiger partial charge >= 0.3 is 0 Å². The molecule has 1 aromatic heterocycles. The minimum Gasteiger partial charge on any atom is -0.336 e. The quantitative estimate of drug-likeness (QED) is 0.819. The summed E-state index contributed by atoms with van der Waals surface area (Å²) in [6.07, 6.45) is 5.04. The van der Waals surface area contributed by atoms with Crippen molar-refractivity contribution in [2.75, 3.05) is 44.7 Å². The van der Waals surface area contributed by atoms with E-state index in [4.69, 9.17) is 0 Å². The molecule has 0 spiro atoms. The summed E-state index contributed by atoms with van der Waals surface area (Å²) in [5.74, 6) is -0.146. The van der Waals surface area contributed by atoms with Gasteiger partial charge < -0.3 is 14.7 Å². The zero-order chi connectivity index (χ0) is 18.8. The Labute approximate surface area is 159 Å². The number of likely N-dealkylation sites (N-methyl/N-ethyl adjacent to an activating group) is 1. The molecule has 1 aromatic carbocycles. The van der Waals surface area contributed by atoms with E-state index in [1.54, 1.807) is 23.4 Å². The molecule has 0 N–H and O–H groups in total. The van der Waals surface area contributed by atoms with Crippen LogP contribution in [0.25, 0.3) is 0 Å². The van der Waals surface area contributed by atoms with Crippen LogP contribution in [-0.4, -0.2) is 66.4 Å². The number of rotatable bonds is 2. The molecule has 0 saturated carbocycles. The minimum atomic E-state index is -0.0947. The van der Waals surface area contributed by atoms with Crippen LogP contribution in [0.2, 0.25) is 0 Å². The molecule has 2 aliphatic rings. The first-order valence-electron chi connectivity index (χ1n) is 9.46. The van der Waals surface area contributed by atoms with Crippen LogP contribution >= 0.6 is 0 Å². The molecule has 2 aliphatic heterocycles. The number of benzene rings is 1. The van der Waals surface area contributed by atoms with Crippen LogP contribution in [0.3, 0.4) is 0 Å². The van der Waals surface area contributed by atoms with Gasteiger partial charge in [0.2, 0.25) is 0 Å². The number of anilines is 1. The maximum atomic E-state index is 13.1. The molecule has 0 bridgehead atoms. The van der Waals surface area contributed by atoms with Crippen LogP contribution in [-0.2, 0) is 6.42 Å². The van der Waals surface area contributed by atoms with Crippen LogP contribution < -0.4 is 4.90 Å². The first kappa shape index (κ1) is 17.7. The summed E-state index contributed by atoms with van der Waals surface area (Å²) in [5.41, 5.74) is 3.10. The van der Waals surface area contributed by atoms with Gasteiger partial charge in [-0.1, -0.05) is 18.2 Å². The number of piperazine rings is 1. The molecule has 27 heavy (non-hydrogen) atoms. The number of hydrogen-bond acceptors (Lipinski definition) is 4. The third kappa shape index (κ3) is 3.57. The van der Waals surface area contributed by atoms with Gasteiger partial charge in [-0.3, -0.25) is 14.6 Å². The van der Waals surface area contributed by atoms with Crippen LogP contribution in [0.15, 0.2) is 42.7 Å². The van der Waals surface area contributed by atoms with Gasteiger partial charge in [-0.15, -0.1) is 0 Å². The standard InChI is InChI=1S/C21H24N4O2/c1-23-9-11-24(12-10-23)20(26)17-13-18(15-22-14-17)21(27)25-8-4-6-16-5-2-3-7-19(16)25/h2-3,5,7,13-15H,4,6,8-12H2,1H3. The predicted molar refractivity (Wildman–Crippen MR) is 104 cm³/mol. The second-order valence-electron chi connectivity index (χ2n) is 7.25. The Bertz CT molecular complexity index is 859. The monoisotopic (exact) mass is 364 g/mol. The lowest BCUT2D eigenvalue weighted by Crippen LogP contribution is -2.47. The van der Waals surface area contributed by atoms with Gasteiger partial charge in [-0.25, -0.2) is 0 Å². The molecule has 140 valence electrons. The average molecular weight is 364 g/mol. The van der Waals surface area contributed by atoms with E-state index in [0.717, 1.165) is 31.6 Å². The Morgan fingerprint density at radius 3 is 2.41 bits per heavy atom. The maximum Gasteiger partial charge on any atom is 0.259 e. The number of fused-ring (bicyclic) bond motifs is 1. The highest BCUT2D eigenvalue weighted by molar-refractivity contribution is 6.08. The molecule has 4 rings (SSSR count). The summed E-state index contributed by atoms with van der Waals surface area (Å²) in [4.78, 5) is 35.9. The number of carbonyl (C=O) groups excluding carboxylic acids is 2. The highest BCUT2D eigenvalue weighted by Crippen LogP contribution is 2.28. The summed E-state index contributed by atoms with van der Waals surface area (Å²) in [7, 11) is 2.05. The van der Waals surface area contributed by atoms with E-state index in [2.05, 4.69) is 23.0 Å². The molecule has 2 amide bonds. The molecule has 6 heteroatoms. The number of carbonyl (C=O) groups is 2. The smallest absolute Gasteiger partial charge is 0.259 e. The highest BCUT2D eigenvalue weighted by Gasteiger charge is 2.25. The Morgan fingerprint density at radius 1 is 0.926 bits per heavy atom. The molecular weight excluding hydrogens is 340 g/mol. The van der Waals surface area contributed by atoms with Crippen molar-refractivity contribution >= 4 is 17.5 Å². The lowest BCUT2D eigenvalue weighted by molar-refractivity contribution is 0.0663. The average Bonchev–Trinajstić information content (AvgIpc) is 2.73. The van der Waals surface area contributed by atoms with Crippen molar-refractivity contribution in [3.05, 3.63) is 59.4 Å². The van der Waals surface area contributed by atoms with E-state index in [1.807, 2.05) is 23.1 Å². The molecule has 1 fully saturated rings. The van der Waals surface area contributed by atoms with Crippen LogP contribution in [0, 0.1) is 0 Å². The van der Waals surface area contributed by atoms with E-state index >= 15 is 0 Å². The van der Waals surface area contributed by atoms with Crippen LogP contribution in [0.5, 0.6) is 0 Å². The van der Waals surface area contributed by atoms with Crippen molar-refractivity contribution < 1.29 is 9.59 Å². The van der Waals surface area contributed by atoms with E-state index in [0.29, 0.717) is 30.8 Å². The van der Waals surface area contributed by atoms with Crippen LogP contribution in [0.4, 0.5) is 5.69 Å². The van der Waals surface area contributed by atoms with Gasteiger partial charge in [0.05, 0.1) is 11.1 Å². The Kier molecular flexibility index (Phi) is 4.90. The summed E-state index contributed by atoms with van der Waals surface area (Å²) in [5, 5.41) is 0. The zero-order valence-electron chi connectivity index (χ0n) is 15.6. The molecule has 6 nitrogen and oxygen atoms in total. The second kappa shape index (κ2) is 7.48. The van der Waals surface area contributed by atoms with Crippen LogP contribution in [0.1, 0.15) is 32.7 Å². The Morgan fingerprint density at radius 2 is 1.63 bits per heavy atom. The van der Waals surface area contributed by atoms with Crippen molar-refractivity contribution in [1.29, 1.82) is 0 Å². The van der Waals surface area contributed by atoms with Gasteiger partial charge in [0.15, 0.2) is 0 Å². The number of hydrogen-bond donors (Lipinski definition) is 0. The number of aromatic nitrogens is 1. The summed E-state index contributed by atoms with van der Waals surface area (Å²) in [6.45, 7) is 3.82. The highest BCUT2D eigenvalue weighted by atomic mass is 16.2. The number of amides is 2. The van der Waals surface area contributed by atoms with E-state index in [-0.39, 0.29) is 11.8 Å². The summed E-state index contributed by atoms with van der Waals surface area (Å²) >= 11 is 0. The largest absolute Gasteiger partial charge is 0.336 e. The molecule has 3 heterocycles. The lowest BCUT2D eigenvalue weighted by Gasteiger charge is -2.32. The van der Waals surface area contributed by atoms with Crippen molar-refractivity contribution in [2.24, 2.45) is 0 Å². The van der Waals surface area contributed by atoms with E-state index < -0.39 is 0 Å². The number of pyridine rings is 1. The normalized spacial score (nSPS) is 17.5. The minimum absolute atomic E-state index is 0.0516. The summed E-state index contributed by atoms with van der Waals surface area (Å²) < 4.78 is 0. The maximum absolute atomic E-state index is 13.1. The number of para-hydroxylation sites is 1. The van der Waals surface area contributed by atoms with E-state index in [9.17, 15) is 9.59 Å². The SMILES string of the molecule is CN1CCN(C(=O)c2cncc(C(=O)N3CCCc4ccccc43)c2)CC1. The number of aryl methyl sites for hydroxylation is 1. The topological polar surface area (TPSA) is 56.8 Å². The fraction of sp³-hybridized carbons (Fsp3) is 0.381. The Balaban J connectivity index is 1.56. The third-order valence-electron chi connectivity index (χ3n) is 5.38. The lowest BCUT2D eigenvalue weighted by atomic mass is 10.0. The van der Waals surface area contributed by atoms with Gasteiger partial charge in [-0.2, -0.15) is 0 Å². The molecule has 1 saturated heterocycles. The number of nitrogens with zero attached hydrogens (tertiary/aromatic N) is 4. The predicted octanol–water partition coefficient (Wildman–Crippen LogP) is 2.06. The fourth-order valence-corrected chi connectivity index (χ4v) is 3.77. The third-order valence-corrected chi connectivity index (χ3v) is 5.38. The van der Waals surface area contributed by atoms with Gasteiger partial charge in [0.25, 0.3) is 11.8 Å². The first-order chi connectivity index (χ1) is 13.1. The molecule has 2 aromatic rings. The van der Waals surface area contributed by atoms with Gasteiger partial charge in [-0.05, 0) is 37.6 Å². The van der Waals surface area contributed by atoms with E-state index in [1.165, 1.54) is 5.56 Å². The van der Waals surface area contributed by atoms with Crippen molar-refractivity contribution in [2.45, 2.75) is 12.8 Å². The molecular formula is C21H24N4O2. The molecule has 0 unspecified atom stereocenters. The zero-order valence-corrected chi connectivity index (χ0v) is 15.6. The molecule has 0 radical (unpaired) electrons. The van der Waals surface area contributed by atoms with Gasteiger partial charge in [0.1, 0.15) is 0 Å². The Hall–Kier alpha value is -2.73. The fourth-order valence-electron chi connectivity index (χ4n) is 3.77. The van der Waals surface area contributed by atoms with Crippen molar-refractivity contribution in [3.8, 4) is 0 Å². The molecule has 0 aliphatic carbocycles. The first-order valence-corrected chi connectivity index (χ1v) is 9.46. The second-order valence-corrected chi connectivity index (χ2v) is 7.25. The summed E-state index contributed by atoms with van der Waals surface area (Å²) in [6, 6.07) is 9.70. The van der Waals surface area contributed by atoms with Crippen molar-refractivity contribution in [3.63, 3.8) is 0 Å². The van der Waals surface area contributed by atoms with Gasteiger partial charge in [0, 0.05) is 50.8 Å². The van der Waals surface area contributed by atoms with Crippen molar-refractivity contribution in [1.82, 2.24) is 14.8 Å².